The lowest BCUT2D eigenvalue weighted by Gasteiger charge is -2.11. The van der Waals surface area contributed by atoms with Crippen molar-refractivity contribution in [1.82, 2.24) is 10.3 Å². The van der Waals surface area contributed by atoms with Gasteiger partial charge in [0.1, 0.15) is 11.6 Å². The van der Waals surface area contributed by atoms with Crippen molar-refractivity contribution in [3.8, 4) is 5.75 Å². The van der Waals surface area contributed by atoms with Crippen molar-refractivity contribution in [2.24, 2.45) is 0 Å². The van der Waals surface area contributed by atoms with Crippen molar-refractivity contribution < 1.29 is 17.9 Å². The summed E-state index contributed by atoms with van der Waals surface area (Å²) < 4.78 is 28.1. The molecule has 0 aliphatic carbocycles. The molecular weight excluding hydrogens is 366 g/mol. The van der Waals surface area contributed by atoms with Crippen LogP contribution in [0.1, 0.15) is 22.3 Å². The maximum atomic E-state index is 12.2. The van der Waals surface area contributed by atoms with Crippen LogP contribution in [0, 0.1) is 0 Å². The highest BCUT2D eigenvalue weighted by Crippen LogP contribution is 2.14. The second kappa shape index (κ2) is 8.39. The molecular formula is C19H23N3O4S. The summed E-state index contributed by atoms with van der Waals surface area (Å²) in [5.74, 6) is 1.36. The standard InChI is InChI=1S/C19H23N3O4S/c1-26-17-5-2-14(3-6-17)8-10-20-18-7-4-15(12-21-18)19(23)22-16-9-11-27(24,25)13-16/h2-7,12,16H,8-11,13H2,1H3,(H,20,21)(H,22,23). The zero-order valence-electron chi connectivity index (χ0n) is 15.1. The first-order valence-electron chi connectivity index (χ1n) is 8.79. The van der Waals surface area contributed by atoms with Crippen LogP contribution in [0.2, 0.25) is 0 Å². The average Bonchev–Trinajstić information content (AvgIpc) is 3.01. The van der Waals surface area contributed by atoms with Crippen LogP contribution >= 0.6 is 0 Å². The van der Waals surface area contributed by atoms with Crippen molar-refractivity contribution in [2.45, 2.75) is 18.9 Å². The van der Waals surface area contributed by atoms with Crippen LogP contribution in [0.5, 0.6) is 5.75 Å². The quantitative estimate of drug-likeness (QED) is 0.748. The molecule has 2 aromatic rings. The smallest absolute Gasteiger partial charge is 0.253 e. The molecule has 1 amide bonds. The maximum Gasteiger partial charge on any atom is 0.253 e. The number of pyridine rings is 1. The van der Waals surface area contributed by atoms with Gasteiger partial charge in [0.15, 0.2) is 9.84 Å². The third-order valence-corrected chi connectivity index (χ3v) is 6.24. The molecule has 0 radical (unpaired) electrons. The fraction of sp³-hybridized carbons (Fsp3) is 0.368. The molecule has 2 heterocycles. The fourth-order valence-electron chi connectivity index (χ4n) is 2.94. The molecule has 1 saturated heterocycles. The van der Waals surface area contributed by atoms with Gasteiger partial charge in [0.2, 0.25) is 0 Å². The van der Waals surface area contributed by atoms with E-state index in [-0.39, 0.29) is 23.5 Å². The van der Waals surface area contributed by atoms with E-state index in [0.717, 1.165) is 12.2 Å². The van der Waals surface area contributed by atoms with E-state index in [1.54, 1.807) is 19.2 Å². The molecule has 7 nitrogen and oxygen atoms in total. The van der Waals surface area contributed by atoms with Crippen LogP contribution in [0.4, 0.5) is 5.82 Å². The molecule has 1 aromatic carbocycles. The minimum absolute atomic E-state index is 0.0111. The zero-order valence-corrected chi connectivity index (χ0v) is 16.0. The van der Waals surface area contributed by atoms with Crippen molar-refractivity contribution in [3.05, 3.63) is 53.7 Å². The van der Waals surface area contributed by atoms with E-state index in [0.29, 0.717) is 24.3 Å². The molecule has 8 heteroatoms. The number of sulfone groups is 1. The summed E-state index contributed by atoms with van der Waals surface area (Å²) in [6.45, 7) is 0.713. The summed E-state index contributed by atoms with van der Waals surface area (Å²) in [7, 11) is -1.37. The van der Waals surface area contributed by atoms with Crippen molar-refractivity contribution in [3.63, 3.8) is 0 Å². The SMILES string of the molecule is COc1ccc(CCNc2ccc(C(=O)NC3CCS(=O)(=O)C3)cn2)cc1. The molecule has 1 aromatic heterocycles. The fourth-order valence-corrected chi connectivity index (χ4v) is 4.61. The van der Waals surface area contributed by atoms with Gasteiger partial charge in [0.25, 0.3) is 5.91 Å². The van der Waals surface area contributed by atoms with Gasteiger partial charge in [0, 0.05) is 18.8 Å². The van der Waals surface area contributed by atoms with Gasteiger partial charge in [-0.05, 0) is 42.7 Å². The Hall–Kier alpha value is -2.61. The lowest BCUT2D eigenvalue weighted by Crippen LogP contribution is -2.35. The topological polar surface area (TPSA) is 97.4 Å². The Morgan fingerprint density at radius 3 is 2.59 bits per heavy atom. The number of aromatic nitrogens is 1. The zero-order chi connectivity index (χ0) is 19.3. The van der Waals surface area contributed by atoms with Crippen LogP contribution in [-0.4, -0.2) is 50.5 Å². The van der Waals surface area contributed by atoms with Gasteiger partial charge >= 0.3 is 0 Å². The minimum Gasteiger partial charge on any atom is -0.497 e. The third kappa shape index (κ3) is 5.43. The molecule has 0 bridgehead atoms. The Morgan fingerprint density at radius 2 is 2.00 bits per heavy atom. The lowest BCUT2D eigenvalue weighted by molar-refractivity contribution is 0.0941. The molecule has 1 aliphatic rings. The van der Waals surface area contributed by atoms with Crippen molar-refractivity contribution >= 4 is 21.6 Å². The number of ether oxygens (including phenoxy) is 1. The summed E-state index contributed by atoms with van der Waals surface area (Å²) in [5.41, 5.74) is 1.60. The van der Waals surface area contributed by atoms with Gasteiger partial charge in [-0.25, -0.2) is 13.4 Å². The Balaban J connectivity index is 1.47. The first-order valence-corrected chi connectivity index (χ1v) is 10.6. The molecule has 1 aliphatic heterocycles. The number of rotatable bonds is 7. The van der Waals surface area contributed by atoms with Crippen LogP contribution in [0.25, 0.3) is 0 Å². The number of nitrogens with zero attached hydrogens (tertiary/aromatic N) is 1. The van der Waals surface area contributed by atoms with Crippen molar-refractivity contribution in [1.29, 1.82) is 0 Å². The summed E-state index contributed by atoms with van der Waals surface area (Å²) >= 11 is 0. The Morgan fingerprint density at radius 1 is 1.22 bits per heavy atom. The second-order valence-electron chi connectivity index (χ2n) is 6.53. The molecule has 27 heavy (non-hydrogen) atoms. The molecule has 1 atom stereocenters. The Kier molecular flexibility index (Phi) is 5.95. The number of amides is 1. The van der Waals surface area contributed by atoms with Crippen LogP contribution < -0.4 is 15.4 Å². The maximum absolute atomic E-state index is 12.2. The molecule has 1 fully saturated rings. The van der Waals surface area contributed by atoms with Gasteiger partial charge < -0.3 is 15.4 Å². The highest BCUT2D eigenvalue weighted by atomic mass is 32.2. The molecule has 144 valence electrons. The van der Waals surface area contributed by atoms with Gasteiger partial charge in [-0.1, -0.05) is 12.1 Å². The number of methoxy groups -OCH3 is 1. The highest BCUT2D eigenvalue weighted by molar-refractivity contribution is 7.91. The molecule has 1 unspecified atom stereocenters. The van der Waals surface area contributed by atoms with E-state index >= 15 is 0 Å². The number of benzene rings is 1. The van der Waals surface area contributed by atoms with E-state index in [9.17, 15) is 13.2 Å². The number of anilines is 1. The van der Waals surface area contributed by atoms with Crippen LogP contribution in [-0.2, 0) is 16.3 Å². The second-order valence-corrected chi connectivity index (χ2v) is 8.76. The number of carbonyl (C=O) groups is 1. The summed E-state index contributed by atoms with van der Waals surface area (Å²) in [4.78, 5) is 16.4. The van der Waals surface area contributed by atoms with E-state index in [4.69, 9.17) is 4.74 Å². The summed E-state index contributed by atoms with van der Waals surface area (Å²) in [6, 6.07) is 11.0. The normalized spacial score (nSPS) is 18.0. The predicted molar refractivity (Wildman–Crippen MR) is 104 cm³/mol. The molecule has 2 N–H and O–H groups in total. The number of hydrogen-bond acceptors (Lipinski definition) is 6. The summed E-state index contributed by atoms with van der Waals surface area (Å²) in [6.07, 6.45) is 2.80. The number of carbonyl (C=O) groups excluding carboxylic acids is 1. The number of hydrogen-bond donors (Lipinski definition) is 2. The van der Waals surface area contributed by atoms with E-state index in [1.807, 2.05) is 24.3 Å². The predicted octanol–water partition coefficient (Wildman–Crippen LogP) is 1.66. The minimum atomic E-state index is -3.01. The first-order chi connectivity index (χ1) is 12.9. The van der Waals surface area contributed by atoms with Crippen LogP contribution in [0.15, 0.2) is 42.6 Å². The third-order valence-electron chi connectivity index (χ3n) is 4.47. The Bertz CT molecular complexity index is 880. The van der Waals surface area contributed by atoms with E-state index in [2.05, 4.69) is 15.6 Å². The van der Waals surface area contributed by atoms with Crippen molar-refractivity contribution in [2.75, 3.05) is 30.5 Å². The monoisotopic (exact) mass is 389 g/mol. The van der Waals surface area contributed by atoms with Gasteiger partial charge in [-0.15, -0.1) is 0 Å². The van der Waals surface area contributed by atoms with Gasteiger partial charge in [-0.2, -0.15) is 0 Å². The van der Waals surface area contributed by atoms with Crippen LogP contribution in [0.3, 0.4) is 0 Å². The lowest BCUT2D eigenvalue weighted by atomic mass is 10.1. The molecule has 0 saturated carbocycles. The van der Waals surface area contributed by atoms with E-state index < -0.39 is 9.84 Å². The Labute approximate surface area is 159 Å². The highest BCUT2D eigenvalue weighted by Gasteiger charge is 2.29. The largest absolute Gasteiger partial charge is 0.497 e. The van der Waals surface area contributed by atoms with E-state index in [1.165, 1.54) is 11.8 Å². The first kappa shape index (κ1) is 19.2. The average molecular weight is 389 g/mol. The molecule has 3 rings (SSSR count). The number of nitrogens with one attached hydrogen (secondary N) is 2. The summed E-state index contributed by atoms with van der Waals surface area (Å²) in [5, 5.41) is 5.97. The molecule has 0 spiro atoms. The van der Waals surface area contributed by atoms with Gasteiger partial charge in [-0.3, -0.25) is 4.79 Å². The van der Waals surface area contributed by atoms with Gasteiger partial charge in [0.05, 0.1) is 24.2 Å².